The molecule has 0 aliphatic carbocycles. The summed E-state index contributed by atoms with van der Waals surface area (Å²) in [6.45, 7) is 4.62. The molecule has 1 aromatic rings. The zero-order valence-corrected chi connectivity index (χ0v) is 13.6. The van der Waals surface area contributed by atoms with Gasteiger partial charge in [0.25, 0.3) is 0 Å². The smallest absolute Gasteiger partial charge is 0.341 e. The predicted octanol–water partition coefficient (Wildman–Crippen LogP) is 2.94. The molecule has 0 saturated carbocycles. The summed E-state index contributed by atoms with van der Waals surface area (Å²) >= 11 is 0. The van der Waals surface area contributed by atoms with Crippen molar-refractivity contribution < 1.29 is 19.7 Å². The highest BCUT2D eigenvalue weighted by molar-refractivity contribution is 5.92. The highest BCUT2D eigenvalue weighted by Gasteiger charge is 2.18. The summed E-state index contributed by atoms with van der Waals surface area (Å²) < 4.78 is 5.17. The molecule has 1 atom stereocenters. The zero-order valence-electron chi connectivity index (χ0n) is 12.8. The van der Waals surface area contributed by atoms with Crippen LogP contribution in [0.15, 0.2) is 18.2 Å². The van der Waals surface area contributed by atoms with Gasteiger partial charge in [-0.05, 0) is 44.9 Å². The molecule has 1 heterocycles. The summed E-state index contributed by atoms with van der Waals surface area (Å²) in [7, 11) is 0. The molecule has 0 aromatic heterocycles. The van der Waals surface area contributed by atoms with Gasteiger partial charge in [-0.1, -0.05) is 6.42 Å². The van der Waals surface area contributed by atoms with Gasteiger partial charge < -0.3 is 19.8 Å². The Balaban J connectivity index is 0.00000242. The summed E-state index contributed by atoms with van der Waals surface area (Å²) in [6, 6.07) is 4.45. The molecule has 0 amide bonds. The van der Waals surface area contributed by atoms with Crippen molar-refractivity contribution in [3.8, 4) is 11.5 Å². The maximum absolute atomic E-state index is 11.8. The molecule has 2 N–H and O–H groups in total. The van der Waals surface area contributed by atoms with Crippen LogP contribution in [0.5, 0.6) is 11.5 Å². The lowest BCUT2D eigenvalue weighted by Gasteiger charge is -2.33. The van der Waals surface area contributed by atoms with Crippen LogP contribution in [0.4, 0.5) is 0 Å². The Morgan fingerprint density at radius 3 is 2.82 bits per heavy atom. The van der Waals surface area contributed by atoms with Gasteiger partial charge in [-0.25, -0.2) is 4.79 Å². The Labute approximate surface area is 137 Å². The first-order chi connectivity index (χ1) is 10.1. The topological polar surface area (TPSA) is 70.0 Å². The third-order valence-corrected chi connectivity index (χ3v) is 3.96. The van der Waals surface area contributed by atoms with Crippen LogP contribution in [0.3, 0.4) is 0 Å². The summed E-state index contributed by atoms with van der Waals surface area (Å²) in [5, 5.41) is 18.8. The van der Waals surface area contributed by atoms with E-state index in [-0.39, 0.29) is 29.5 Å². The molecule has 124 valence electrons. The molecule has 22 heavy (non-hydrogen) atoms. The number of aromatic hydroxyl groups is 2. The minimum Gasteiger partial charge on any atom is -0.508 e. The van der Waals surface area contributed by atoms with Crippen LogP contribution in [-0.2, 0) is 4.74 Å². The Morgan fingerprint density at radius 2 is 2.14 bits per heavy atom. The molecule has 1 aliphatic heterocycles. The fraction of sp³-hybridized carbons (Fsp3) is 0.562. The van der Waals surface area contributed by atoms with E-state index in [1.54, 1.807) is 0 Å². The van der Waals surface area contributed by atoms with Crippen molar-refractivity contribution in [2.24, 2.45) is 0 Å². The van der Waals surface area contributed by atoms with Gasteiger partial charge in [0.2, 0.25) is 0 Å². The van der Waals surface area contributed by atoms with Crippen LogP contribution < -0.4 is 0 Å². The Hall–Kier alpha value is -1.46. The normalized spacial score (nSPS) is 18.5. The number of esters is 1. The Kier molecular flexibility index (Phi) is 7.48. The number of hydrogen-bond acceptors (Lipinski definition) is 5. The molecule has 0 spiro atoms. The van der Waals surface area contributed by atoms with Crippen molar-refractivity contribution in [2.45, 2.75) is 38.6 Å². The van der Waals surface area contributed by atoms with Crippen LogP contribution >= 0.6 is 12.4 Å². The minimum atomic E-state index is -0.556. The highest BCUT2D eigenvalue weighted by atomic mass is 35.5. The lowest BCUT2D eigenvalue weighted by atomic mass is 10.0. The van der Waals surface area contributed by atoms with Gasteiger partial charge in [0, 0.05) is 18.7 Å². The van der Waals surface area contributed by atoms with E-state index in [4.69, 9.17) is 4.74 Å². The zero-order chi connectivity index (χ0) is 15.2. The van der Waals surface area contributed by atoms with E-state index < -0.39 is 5.97 Å². The molecule has 6 heteroatoms. The molecule has 1 fully saturated rings. The fourth-order valence-electron chi connectivity index (χ4n) is 2.69. The van der Waals surface area contributed by atoms with E-state index >= 15 is 0 Å². The summed E-state index contributed by atoms with van der Waals surface area (Å²) in [5.41, 5.74) is 0.0825. The van der Waals surface area contributed by atoms with E-state index in [0.29, 0.717) is 12.6 Å². The second-order valence-electron chi connectivity index (χ2n) is 5.57. The van der Waals surface area contributed by atoms with Gasteiger partial charge in [-0.3, -0.25) is 0 Å². The number of phenols is 2. The van der Waals surface area contributed by atoms with Crippen LogP contribution in [0.2, 0.25) is 0 Å². The van der Waals surface area contributed by atoms with Crippen LogP contribution in [0.25, 0.3) is 0 Å². The first kappa shape index (κ1) is 18.6. The van der Waals surface area contributed by atoms with Crippen LogP contribution in [0.1, 0.15) is 43.0 Å². The number of rotatable bonds is 5. The molecule has 0 bridgehead atoms. The van der Waals surface area contributed by atoms with Crippen molar-refractivity contribution in [3.63, 3.8) is 0 Å². The molecule has 1 aliphatic rings. The van der Waals surface area contributed by atoms with E-state index in [0.717, 1.165) is 25.6 Å². The lowest BCUT2D eigenvalue weighted by molar-refractivity contribution is 0.0472. The molecular weight excluding hydrogens is 306 g/mol. The van der Waals surface area contributed by atoms with Crippen LogP contribution in [0, 0.1) is 0 Å². The van der Waals surface area contributed by atoms with Crippen LogP contribution in [-0.4, -0.2) is 46.8 Å². The van der Waals surface area contributed by atoms with Crippen molar-refractivity contribution in [1.82, 2.24) is 4.90 Å². The van der Waals surface area contributed by atoms with Gasteiger partial charge in [0.1, 0.15) is 17.1 Å². The number of phenolic OH excluding ortho intramolecular Hbond substituents is 2. The second-order valence-corrected chi connectivity index (χ2v) is 5.57. The second kappa shape index (κ2) is 8.86. The van der Waals surface area contributed by atoms with Gasteiger partial charge in [0.05, 0.1) is 6.61 Å². The molecule has 5 nitrogen and oxygen atoms in total. The maximum Gasteiger partial charge on any atom is 0.341 e. The van der Waals surface area contributed by atoms with E-state index in [2.05, 4.69) is 11.8 Å². The number of piperidine rings is 1. The number of hydrogen-bond donors (Lipinski definition) is 2. The third-order valence-electron chi connectivity index (χ3n) is 3.96. The van der Waals surface area contributed by atoms with Crippen molar-refractivity contribution in [1.29, 1.82) is 0 Å². The summed E-state index contributed by atoms with van der Waals surface area (Å²) in [4.78, 5) is 14.2. The number of halogens is 1. The molecular formula is C16H24ClNO4. The Morgan fingerprint density at radius 1 is 1.36 bits per heavy atom. The first-order valence-electron chi connectivity index (χ1n) is 7.51. The predicted molar refractivity (Wildman–Crippen MR) is 86.8 cm³/mol. The van der Waals surface area contributed by atoms with E-state index in [9.17, 15) is 15.0 Å². The first-order valence-corrected chi connectivity index (χ1v) is 7.51. The molecule has 1 aromatic carbocycles. The number of benzene rings is 1. The summed E-state index contributed by atoms with van der Waals surface area (Å²) in [5.74, 6) is -0.896. The SMILES string of the molecule is CC1CCCCN1CCCOC(=O)c1ccc(O)cc1O.Cl. The average Bonchev–Trinajstić information content (AvgIpc) is 2.45. The highest BCUT2D eigenvalue weighted by Crippen LogP contribution is 2.23. The molecule has 1 saturated heterocycles. The lowest BCUT2D eigenvalue weighted by Crippen LogP contribution is -2.38. The maximum atomic E-state index is 11.8. The van der Waals surface area contributed by atoms with Gasteiger partial charge in [-0.15, -0.1) is 12.4 Å². The quantitative estimate of drug-likeness (QED) is 0.642. The van der Waals surface area contributed by atoms with E-state index in [1.165, 1.54) is 31.4 Å². The van der Waals surface area contributed by atoms with Gasteiger partial charge >= 0.3 is 5.97 Å². The van der Waals surface area contributed by atoms with Crippen molar-refractivity contribution >= 4 is 18.4 Å². The number of nitrogens with zero attached hydrogens (tertiary/aromatic N) is 1. The monoisotopic (exact) mass is 329 g/mol. The molecule has 0 radical (unpaired) electrons. The Bertz CT molecular complexity index is 495. The third kappa shape index (κ3) is 5.07. The largest absolute Gasteiger partial charge is 0.508 e. The number of carbonyl (C=O) groups excluding carboxylic acids is 1. The van der Waals surface area contributed by atoms with Crippen molar-refractivity contribution in [3.05, 3.63) is 23.8 Å². The summed E-state index contributed by atoms with van der Waals surface area (Å²) in [6.07, 6.45) is 4.56. The fourth-order valence-corrected chi connectivity index (χ4v) is 2.69. The molecule has 2 rings (SSSR count). The van der Waals surface area contributed by atoms with Gasteiger partial charge in [0.15, 0.2) is 0 Å². The van der Waals surface area contributed by atoms with Gasteiger partial charge in [-0.2, -0.15) is 0 Å². The standard InChI is InChI=1S/C16H23NO4.ClH/c1-12-5-2-3-8-17(12)9-4-10-21-16(20)14-7-6-13(18)11-15(14)19;/h6-7,11-12,18-19H,2-5,8-10H2,1H3;1H. The number of ether oxygens (including phenoxy) is 1. The number of likely N-dealkylation sites (tertiary alicyclic amines) is 1. The van der Waals surface area contributed by atoms with Crippen molar-refractivity contribution in [2.75, 3.05) is 19.7 Å². The van der Waals surface area contributed by atoms with E-state index in [1.807, 2.05) is 0 Å². The molecule has 1 unspecified atom stereocenters. The number of carbonyl (C=O) groups is 1. The average molecular weight is 330 g/mol. The minimum absolute atomic E-state index is 0.